The lowest BCUT2D eigenvalue weighted by molar-refractivity contribution is -0.112. The lowest BCUT2D eigenvalue weighted by Crippen LogP contribution is -2.14. The van der Waals surface area contributed by atoms with Crippen molar-refractivity contribution in [2.24, 2.45) is 0 Å². The number of halogens is 1. The number of benzene rings is 3. The van der Waals surface area contributed by atoms with E-state index in [0.29, 0.717) is 34.7 Å². The molecule has 0 unspecified atom stereocenters. The third kappa shape index (κ3) is 6.36. The van der Waals surface area contributed by atoms with Crippen LogP contribution in [0.15, 0.2) is 72.8 Å². The summed E-state index contributed by atoms with van der Waals surface area (Å²) in [5.41, 5.74) is 4.30. The summed E-state index contributed by atoms with van der Waals surface area (Å²) in [6.07, 6.45) is 3.65. The van der Waals surface area contributed by atoms with Gasteiger partial charge < -0.3 is 14.8 Å². The number of carbonyl (C=O) groups is 1. The van der Waals surface area contributed by atoms with Gasteiger partial charge in [0.2, 0.25) is 0 Å². The lowest BCUT2D eigenvalue weighted by Gasteiger charge is -2.16. The van der Waals surface area contributed by atoms with E-state index in [-0.39, 0.29) is 18.0 Å². The van der Waals surface area contributed by atoms with Crippen molar-refractivity contribution >= 4 is 17.7 Å². The Morgan fingerprint density at radius 3 is 2.57 bits per heavy atom. The molecule has 0 radical (unpaired) electrons. The van der Waals surface area contributed by atoms with E-state index in [2.05, 4.69) is 11.9 Å². The Hall–Kier alpha value is -4.37. The van der Waals surface area contributed by atoms with Crippen LogP contribution in [0.25, 0.3) is 6.08 Å². The maximum Gasteiger partial charge on any atom is 0.266 e. The Morgan fingerprint density at radius 2 is 1.91 bits per heavy atom. The van der Waals surface area contributed by atoms with Gasteiger partial charge in [0.15, 0.2) is 11.5 Å². The molecule has 3 rings (SSSR count). The SMILES string of the molecule is C=CCc1cc(/C=C(\C#N)C(=O)Nc2ccc(C)cc2C)cc(OC)c1OCc1ccccc1F. The molecule has 0 aliphatic rings. The van der Waals surface area contributed by atoms with Crippen LogP contribution >= 0.6 is 0 Å². The van der Waals surface area contributed by atoms with Crippen LogP contribution in [0.1, 0.15) is 27.8 Å². The van der Waals surface area contributed by atoms with Crippen molar-refractivity contribution in [2.45, 2.75) is 26.9 Å². The van der Waals surface area contributed by atoms with Crippen molar-refractivity contribution in [3.63, 3.8) is 0 Å². The summed E-state index contributed by atoms with van der Waals surface area (Å²) in [6, 6.07) is 17.5. The smallest absolute Gasteiger partial charge is 0.266 e. The number of allylic oxidation sites excluding steroid dienone is 1. The number of hydrogen-bond donors (Lipinski definition) is 1. The highest BCUT2D eigenvalue weighted by atomic mass is 19.1. The van der Waals surface area contributed by atoms with Crippen LogP contribution < -0.4 is 14.8 Å². The summed E-state index contributed by atoms with van der Waals surface area (Å²) in [6.45, 7) is 7.67. The largest absolute Gasteiger partial charge is 0.493 e. The standard InChI is InChI=1S/C29H27FN2O3/c1-5-8-22-14-21(15-24(17-31)29(33)32-26-12-11-19(2)13-20(26)3)16-27(34-4)28(22)35-18-23-9-6-7-10-25(23)30/h5-7,9-16H,1,8,18H2,2-4H3,(H,32,33)/b24-15+. The number of ether oxygens (including phenoxy) is 2. The van der Waals surface area contributed by atoms with Gasteiger partial charge in [-0.2, -0.15) is 5.26 Å². The number of methoxy groups -OCH3 is 1. The molecule has 1 amide bonds. The number of rotatable bonds is 9. The van der Waals surface area contributed by atoms with Crippen molar-refractivity contribution in [2.75, 3.05) is 12.4 Å². The van der Waals surface area contributed by atoms with E-state index in [0.717, 1.165) is 16.7 Å². The van der Waals surface area contributed by atoms with Crippen molar-refractivity contribution in [1.29, 1.82) is 5.26 Å². The van der Waals surface area contributed by atoms with Gasteiger partial charge >= 0.3 is 0 Å². The van der Waals surface area contributed by atoms with Gasteiger partial charge in [0, 0.05) is 16.8 Å². The van der Waals surface area contributed by atoms with Crippen molar-refractivity contribution in [1.82, 2.24) is 0 Å². The fourth-order valence-electron chi connectivity index (χ4n) is 3.61. The van der Waals surface area contributed by atoms with E-state index in [1.165, 1.54) is 19.3 Å². The van der Waals surface area contributed by atoms with Crippen LogP contribution in [-0.4, -0.2) is 13.0 Å². The summed E-state index contributed by atoms with van der Waals surface area (Å²) < 4.78 is 25.5. The Labute approximate surface area is 205 Å². The summed E-state index contributed by atoms with van der Waals surface area (Å²) in [4.78, 5) is 12.8. The molecule has 0 spiro atoms. The first-order valence-electron chi connectivity index (χ1n) is 11.0. The van der Waals surface area contributed by atoms with Crippen LogP contribution in [0.3, 0.4) is 0 Å². The molecule has 0 fully saturated rings. The molecule has 0 aliphatic heterocycles. The first-order chi connectivity index (χ1) is 16.9. The van der Waals surface area contributed by atoms with Gasteiger partial charge in [-0.1, -0.05) is 42.0 Å². The normalized spacial score (nSPS) is 10.9. The molecule has 35 heavy (non-hydrogen) atoms. The van der Waals surface area contributed by atoms with E-state index < -0.39 is 5.91 Å². The molecule has 0 aromatic heterocycles. The third-order valence-corrected chi connectivity index (χ3v) is 5.37. The predicted molar refractivity (Wildman–Crippen MR) is 136 cm³/mol. The molecule has 3 aromatic carbocycles. The highest BCUT2D eigenvalue weighted by Crippen LogP contribution is 2.35. The van der Waals surface area contributed by atoms with E-state index in [1.54, 1.807) is 36.4 Å². The molecule has 178 valence electrons. The maximum atomic E-state index is 14.0. The monoisotopic (exact) mass is 470 g/mol. The molecule has 0 aliphatic carbocycles. The number of anilines is 1. The average Bonchev–Trinajstić information content (AvgIpc) is 2.84. The molecule has 0 saturated carbocycles. The first-order valence-corrected chi connectivity index (χ1v) is 11.0. The molecule has 0 heterocycles. The minimum Gasteiger partial charge on any atom is -0.493 e. The number of nitrogens with one attached hydrogen (secondary N) is 1. The van der Waals surface area contributed by atoms with E-state index in [9.17, 15) is 14.4 Å². The molecular formula is C29H27FN2O3. The zero-order valence-electron chi connectivity index (χ0n) is 20.0. The molecule has 5 nitrogen and oxygen atoms in total. The lowest BCUT2D eigenvalue weighted by atomic mass is 10.0. The quantitative estimate of drug-likeness (QED) is 0.226. The van der Waals surface area contributed by atoms with Gasteiger partial charge in [-0.15, -0.1) is 6.58 Å². The molecule has 0 atom stereocenters. The van der Waals surface area contributed by atoms with Crippen LogP contribution in [0.2, 0.25) is 0 Å². The summed E-state index contributed by atoms with van der Waals surface area (Å²) in [5.74, 6) is -0.0154. The number of nitriles is 1. The van der Waals surface area contributed by atoms with Crippen LogP contribution in [0.5, 0.6) is 11.5 Å². The number of amides is 1. The zero-order chi connectivity index (χ0) is 25.4. The van der Waals surface area contributed by atoms with Gasteiger partial charge in [-0.05, 0) is 61.7 Å². The molecule has 0 bridgehead atoms. The maximum absolute atomic E-state index is 14.0. The Balaban J connectivity index is 1.92. The molecule has 1 N–H and O–H groups in total. The van der Waals surface area contributed by atoms with Gasteiger partial charge in [-0.3, -0.25) is 4.79 Å². The first kappa shape index (κ1) is 25.3. The fourth-order valence-corrected chi connectivity index (χ4v) is 3.61. The molecule has 0 saturated heterocycles. The number of hydrogen-bond acceptors (Lipinski definition) is 4. The summed E-state index contributed by atoms with van der Waals surface area (Å²) >= 11 is 0. The van der Waals surface area contributed by atoms with Gasteiger partial charge in [-0.25, -0.2) is 4.39 Å². The molecule has 3 aromatic rings. The van der Waals surface area contributed by atoms with Crippen LogP contribution in [0, 0.1) is 31.0 Å². The zero-order valence-corrected chi connectivity index (χ0v) is 20.0. The summed E-state index contributed by atoms with van der Waals surface area (Å²) in [7, 11) is 1.49. The second-order valence-electron chi connectivity index (χ2n) is 8.03. The van der Waals surface area contributed by atoms with Crippen molar-refractivity contribution < 1.29 is 18.7 Å². The topological polar surface area (TPSA) is 71.4 Å². The Bertz CT molecular complexity index is 1320. The van der Waals surface area contributed by atoms with Crippen molar-refractivity contribution in [3.05, 3.63) is 106 Å². The number of carbonyl (C=O) groups excluding carboxylic acids is 1. The van der Waals surface area contributed by atoms with Crippen LogP contribution in [-0.2, 0) is 17.8 Å². The molecular weight excluding hydrogens is 443 g/mol. The summed E-state index contributed by atoms with van der Waals surface area (Å²) in [5, 5.41) is 12.4. The van der Waals surface area contributed by atoms with E-state index in [1.807, 2.05) is 38.1 Å². The van der Waals surface area contributed by atoms with E-state index in [4.69, 9.17) is 9.47 Å². The number of nitrogens with zero attached hydrogens (tertiary/aromatic N) is 1. The Kier molecular flexibility index (Phi) is 8.42. The van der Waals surface area contributed by atoms with Gasteiger partial charge in [0.25, 0.3) is 5.91 Å². The predicted octanol–water partition coefficient (Wildman–Crippen LogP) is 6.30. The average molecular weight is 471 g/mol. The third-order valence-electron chi connectivity index (χ3n) is 5.37. The molecule has 6 heteroatoms. The fraction of sp³-hybridized carbons (Fsp3) is 0.172. The second kappa shape index (κ2) is 11.7. The highest BCUT2D eigenvalue weighted by molar-refractivity contribution is 6.10. The van der Waals surface area contributed by atoms with Crippen molar-refractivity contribution in [3.8, 4) is 17.6 Å². The van der Waals surface area contributed by atoms with Crippen LogP contribution in [0.4, 0.5) is 10.1 Å². The van der Waals surface area contributed by atoms with E-state index >= 15 is 0 Å². The van der Waals surface area contributed by atoms with Gasteiger partial charge in [0.05, 0.1) is 7.11 Å². The highest BCUT2D eigenvalue weighted by Gasteiger charge is 2.16. The number of aryl methyl sites for hydroxylation is 2. The second-order valence-corrected chi connectivity index (χ2v) is 8.03. The van der Waals surface area contributed by atoms with Gasteiger partial charge in [0.1, 0.15) is 24.1 Å². The minimum absolute atomic E-state index is 0.0180. The Morgan fingerprint density at radius 1 is 1.14 bits per heavy atom. The minimum atomic E-state index is -0.511.